The van der Waals surface area contributed by atoms with Gasteiger partial charge in [-0.25, -0.2) is 0 Å². The van der Waals surface area contributed by atoms with Crippen molar-refractivity contribution in [2.24, 2.45) is 0 Å². The smallest absolute Gasteiger partial charge is 0.416 e. The van der Waals surface area contributed by atoms with E-state index < -0.39 is 35.3 Å². The Labute approximate surface area is 248 Å². The summed E-state index contributed by atoms with van der Waals surface area (Å²) >= 11 is 0.616. The number of anilines is 1. The lowest BCUT2D eigenvalue weighted by Gasteiger charge is -2.16. The van der Waals surface area contributed by atoms with Crippen LogP contribution in [0.5, 0.6) is 17.2 Å². The predicted molar refractivity (Wildman–Crippen MR) is 152 cm³/mol. The average molecular weight is 612 g/mol. The van der Waals surface area contributed by atoms with Crippen molar-refractivity contribution in [3.8, 4) is 23.3 Å². The first-order valence-electron chi connectivity index (χ1n) is 12.7. The quantitative estimate of drug-likeness (QED) is 0.268. The molecule has 0 radical (unpaired) electrons. The molecule has 1 N–H and O–H groups in total. The van der Waals surface area contributed by atoms with E-state index in [1.807, 2.05) is 0 Å². The Morgan fingerprint density at radius 1 is 1.05 bits per heavy atom. The second-order valence-electron chi connectivity index (χ2n) is 8.93. The summed E-state index contributed by atoms with van der Waals surface area (Å²) in [5, 5.41) is 10.9. The Balaban J connectivity index is 1.47. The van der Waals surface area contributed by atoms with Gasteiger partial charge in [-0.2, -0.15) is 18.4 Å². The number of rotatable bonds is 10. The fourth-order valence-corrected chi connectivity index (χ4v) is 4.85. The number of methoxy groups -OCH3 is 1. The van der Waals surface area contributed by atoms with E-state index in [9.17, 15) is 32.8 Å². The third-order valence-corrected chi connectivity index (χ3v) is 6.97. The molecule has 3 aromatic carbocycles. The van der Waals surface area contributed by atoms with Crippen molar-refractivity contribution in [2.45, 2.75) is 19.7 Å². The molecule has 1 fully saturated rings. The number of hydrogen-bond donors (Lipinski definition) is 1. The molecule has 3 amide bonds. The molecule has 0 unspecified atom stereocenters. The van der Waals surface area contributed by atoms with E-state index in [0.717, 1.165) is 12.1 Å². The van der Waals surface area contributed by atoms with Gasteiger partial charge < -0.3 is 19.5 Å². The number of amides is 3. The number of ether oxygens (including phenoxy) is 3. The molecule has 3 aromatic rings. The zero-order chi connectivity index (χ0) is 31.1. The summed E-state index contributed by atoms with van der Waals surface area (Å²) in [7, 11) is 1.23. The zero-order valence-electron chi connectivity index (χ0n) is 22.9. The maximum absolute atomic E-state index is 13.1. The first-order chi connectivity index (χ1) is 20.5. The fraction of sp³-hybridized carbons (Fsp3) is 0.200. The monoisotopic (exact) mass is 611 g/mol. The van der Waals surface area contributed by atoms with Crippen LogP contribution in [-0.4, -0.2) is 42.2 Å². The number of nitrogens with one attached hydrogen (secondary N) is 1. The van der Waals surface area contributed by atoms with Crippen molar-refractivity contribution in [1.82, 2.24) is 4.90 Å². The van der Waals surface area contributed by atoms with Crippen LogP contribution in [0.15, 0.2) is 65.6 Å². The number of carbonyl (C=O) groups is 3. The molecule has 0 aromatic heterocycles. The predicted octanol–water partition coefficient (Wildman–Crippen LogP) is 6.24. The summed E-state index contributed by atoms with van der Waals surface area (Å²) in [5.41, 5.74) is 0.423. The van der Waals surface area contributed by atoms with Crippen molar-refractivity contribution in [3.63, 3.8) is 0 Å². The summed E-state index contributed by atoms with van der Waals surface area (Å²) in [4.78, 5) is 38.9. The SMILES string of the molecule is CCOc1cc(/C=C2\SC(=O)N(CC(=O)Nc3cc(C(F)(F)F)ccc3OC)C2=O)ccc1OCc1ccccc1C#N. The van der Waals surface area contributed by atoms with Crippen molar-refractivity contribution in [2.75, 3.05) is 25.6 Å². The summed E-state index contributed by atoms with van der Waals surface area (Å²) in [6, 6.07) is 16.6. The standard InChI is InChI=1S/C30H24F3N3O6S/c1-3-41-25-12-18(8-10-24(25)42-17-20-7-5-4-6-19(20)15-34)13-26-28(38)36(29(39)43-26)16-27(37)35-22-14-21(30(31,32)33)9-11-23(22)40-2/h4-14H,3,16-17H2,1-2H3,(H,35,37)/b26-13-. The highest BCUT2D eigenvalue weighted by Gasteiger charge is 2.37. The molecule has 1 heterocycles. The summed E-state index contributed by atoms with van der Waals surface area (Å²) in [5.74, 6) is -0.880. The molecule has 0 bridgehead atoms. The van der Waals surface area contributed by atoms with Crippen LogP contribution in [0.4, 0.5) is 23.7 Å². The van der Waals surface area contributed by atoms with Crippen LogP contribution < -0.4 is 19.5 Å². The Morgan fingerprint density at radius 3 is 2.49 bits per heavy atom. The van der Waals surface area contributed by atoms with Gasteiger partial charge in [0.15, 0.2) is 11.5 Å². The number of imide groups is 1. The second kappa shape index (κ2) is 13.3. The highest BCUT2D eigenvalue weighted by atomic mass is 32.2. The van der Waals surface area contributed by atoms with E-state index in [1.165, 1.54) is 13.2 Å². The molecule has 4 rings (SSSR count). The van der Waals surface area contributed by atoms with E-state index >= 15 is 0 Å². The van der Waals surface area contributed by atoms with E-state index in [4.69, 9.17) is 14.2 Å². The molecule has 43 heavy (non-hydrogen) atoms. The van der Waals surface area contributed by atoms with Gasteiger partial charge >= 0.3 is 6.18 Å². The van der Waals surface area contributed by atoms with E-state index in [-0.39, 0.29) is 22.9 Å². The number of alkyl halides is 3. The van der Waals surface area contributed by atoms with Gasteiger partial charge in [0.05, 0.1) is 41.5 Å². The molecule has 222 valence electrons. The number of carbonyl (C=O) groups excluding carboxylic acids is 3. The third kappa shape index (κ3) is 7.47. The first-order valence-corrected chi connectivity index (χ1v) is 13.5. The van der Waals surface area contributed by atoms with Gasteiger partial charge in [-0.15, -0.1) is 0 Å². The Morgan fingerprint density at radius 2 is 1.79 bits per heavy atom. The minimum absolute atomic E-state index is 0.0258. The largest absolute Gasteiger partial charge is 0.495 e. The van der Waals surface area contributed by atoms with Gasteiger partial charge in [-0.3, -0.25) is 19.3 Å². The Hall–Kier alpha value is -4.96. The second-order valence-corrected chi connectivity index (χ2v) is 9.92. The third-order valence-electron chi connectivity index (χ3n) is 6.06. The van der Waals surface area contributed by atoms with Crippen molar-refractivity contribution in [1.29, 1.82) is 5.26 Å². The molecule has 9 nitrogen and oxygen atoms in total. The van der Waals surface area contributed by atoms with Crippen LogP contribution >= 0.6 is 11.8 Å². The normalized spacial score (nSPS) is 14.0. The van der Waals surface area contributed by atoms with Crippen molar-refractivity contribution < 1.29 is 41.8 Å². The molecule has 0 spiro atoms. The summed E-state index contributed by atoms with van der Waals surface area (Å²) < 4.78 is 56.0. The average Bonchev–Trinajstić information content (AvgIpc) is 3.23. The molecule has 1 aliphatic rings. The number of nitrogens with zero attached hydrogens (tertiary/aromatic N) is 2. The number of halogens is 3. The summed E-state index contributed by atoms with van der Waals surface area (Å²) in [6.45, 7) is 1.50. The number of thioether (sulfide) groups is 1. The Kier molecular flexibility index (Phi) is 9.62. The van der Waals surface area contributed by atoms with Crippen LogP contribution in [0, 0.1) is 11.3 Å². The van der Waals surface area contributed by atoms with Crippen LogP contribution in [0.1, 0.15) is 29.2 Å². The molecule has 1 saturated heterocycles. The minimum atomic E-state index is -4.65. The molecule has 13 heteroatoms. The van der Waals surface area contributed by atoms with E-state index in [0.29, 0.717) is 57.5 Å². The zero-order valence-corrected chi connectivity index (χ0v) is 23.7. The van der Waals surface area contributed by atoms with Crippen LogP contribution in [0.3, 0.4) is 0 Å². The Bertz CT molecular complexity index is 1630. The number of hydrogen-bond acceptors (Lipinski definition) is 8. The van der Waals surface area contributed by atoms with Crippen molar-refractivity contribution >= 4 is 40.6 Å². The molecular formula is C30H24F3N3O6S. The van der Waals surface area contributed by atoms with Gasteiger partial charge in [-0.05, 0) is 66.7 Å². The minimum Gasteiger partial charge on any atom is -0.495 e. The van der Waals surface area contributed by atoms with Crippen LogP contribution in [0.25, 0.3) is 6.08 Å². The fourth-order valence-electron chi connectivity index (χ4n) is 4.02. The molecule has 0 saturated carbocycles. The maximum atomic E-state index is 13.1. The molecular weight excluding hydrogens is 587 g/mol. The van der Waals surface area contributed by atoms with Crippen LogP contribution in [-0.2, 0) is 22.4 Å². The number of benzene rings is 3. The molecule has 0 atom stereocenters. The molecule has 0 aliphatic carbocycles. The van der Waals surface area contributed by atoms with Crippen LogP contribution in [0.2, 0.25) is 0 Å². The first kappa shape index (κ1) is 31.0. The van der Waals surface area contributed by atoms with Gasteiger partial charge in [-0.1, -0.05) is 24.3 Å². The highest BCUT2D eigenvalue weighted by molar-refractivity contribution is 8.18. The lowest BCUT2D eigenvalue weighted by atomic mass is 10.1. The lowest BCUT2D eigenvalue weighted by Crippen LogP contribution is -2.36. The van der Waals surface area contributed by atoms with E-state index in [1.54, 1.807) is 49.4 Å². The summed E-state index contributed by atoms with van der Waals surface area (Å²) in [6.07, 6.45) is -3.20. The topological polar surface area (TPSA) is 118 Å². The lowest BCUT2D eigenvalue weighted by molar-refractivity contribution is -0.137. The van der Waals surface area contributed by atoms with Gasteiger partial charge in [0.1, 0.15) is 18.9 Å². The highest BCUT2D eigenvalue weighted by Crippen LogP contribution is 2.37. The van der Waals surface area contributed by atoms with Gasteiger partial charge in [0, 0.05) is 5.56 Å². The van der Waals surface area contributed by atoms with Gasteiger partial charge in [0.25, 0.3) is 11.1 Å². The molecule has 1 aliphatic heterocycles. The van der Waals surface area contributed by atoms with Gasteiger partial charge in [0.2, 0.25) is 5.91 Å². The van der Waals surface area contributed by atoms with E-state index in [2.05, 4.69) is 11.4 Å². The number of nitriles is 1. The van der Waals surface area contributed by atoms with Crippen molar-refractivity contribution in [3.05, 3.63) is 87.8 Å². The maximum Gasteiger partial charge on any atom is 0.416 e.